The van der Waals surface area contributed by atoms with Crippen LogP contribution in [0.3, 0.4) is 0 Å². The van der Waals surface area contributed by atoms with Crippen molar-refractivity contribution in [2.24, 2.45) is 0 Å². The molecule has 3 rings (SSSR count). The Labute approximate surface area is 170 Å². The number of nitrogens with zero attached hydrogens (tertiary/aromatic N) is 1. The SMILES string of the molecule is CN(C(=O)c1ccc(Br)o1)c1ccccc1C(=O)NCc1ccccc1Cl. The van der Waals surface area contributed by atoms with E-state index in [9.17, 15) is 9.59 Å². The molecule has 0 bridgehead atoms. The molecule has 5 nitrogen and oxygen atoms in total. The van der Waals surface area contributed by atoms with Crippen molar-refractivity contribution in [1.82, 2.24) is 5.32 Å². The molecule has 1 N–H and O–H groups in total. The highest BCUT2D eigenvalue weighted by Crippen LogP contribution is 2.23. The third kappa shape index (κ3) is 4.40. The average molecular weight is 448 g/mol. The molecule has 0 unspecified atom stereocenters. The average Bonchev–Trinajstić information content (AvgIpc) is 3.12. The highest BCUT2D eigenvalue weighted by Gasteiger charge is 2.21. The first kappa shape index (κ1) is 19.2. The van der Waals surface area contributed by atoms with Crippen molar-refractivity contribution >= 4 is 45.0 Å². The van der Waals surface area contributed by atoms with Crippen molar-refractivity contribution < 1.29 is 14.0 Å². The maximum Gasteiger partial charge on any atom is 0.293 e. The van der Waals surface area contributed by atoms with E-state index in [2.05, 4.69) is 21.2 Å². The largest absolute Gasteiger partial charge is 0.444 e. The number of halogens is 2. The van der Waals surface area contributed by atoms with E-state index in [1.165, 1.54) is 4.90 Å². The molecular weight excluding hydrogens is 432 g/mol. The van der Waals surface area contributed by atoms with Gasteiger partial charge in [-0.05, 0) is 51.8 Å². The normalized spacial score (nSPS) is 10.5. The van der Waals surface area contributed by atoms with Gasteiger partial charge in [0, 0.05) is 18.6 Å². The fraction of sp³-hybridized carbons (Fsp3) is 0.100. The molecule has 0 saturated heterocycles. The third-order valence-electron chi connectivity index (χ3n) is 4.00. The van der Waals surface area contributed by atoms with Crippen LogP contribution in [0.1, 0.15) is 26.5 Å². The molecule has 0 aliphatic rings. The van der Waals surface area contributed by atoms with E-state index >= 15 is 0 Å². The van der Waals surface area contributed by atoms with Gasteiger partial charge in [-0.1, -0.05) is 41.9 Å². The Hall–Kier alpha value is -2.57. The van der Waals surface area contributed by atoms with Crippen LogP contribution < -0.4 is 10.2 Å². The number of rotatable bonds is 5. The molecule has 2 amide bonds. The molecule has 0 atom stereocenters. The number of carbonyl (C=O) groups excluding carboxylic acids is 2. The van der Waals surface area contributed by atoms with Crippen molar-refractivity contribution in [3.8, 4) is 0 Å². The van der Waals surface area contributed by atoms with E-state index in [1.54, 1.807) is 49.5 Å². The van der Waals surface area contributed by atoms with Gasteiger partial charge in [-0.3, -0.25) is 9.59 Å². The zero-order chi connectivity index (χ0) is 19.4. The molecule has 3 aromatic rings. The van der Waals surface area contributed by atoms with Crippen LogP contribution in [0.25, 0.3) is 0 Å². The van der Waals surface area contributed by atoms with Crippen LogP contribution in [-0.2, 0) is 6.54 Å². The smallest absolute Gasteiger partial charge is 0.293 e. The summed E-state index contributed by atoms with van der Waals surface area (Å²) < 4.78 is 5.78. The van der Waals surface area contributed by atoms with Crippen LogP contribution in [0, 0.1) is 0 Å². The number of hydrogen-bond donors (Lipinski definition) is 1. The molecule has 0 spiro atoms. The highest BCUT2D eigenvalue weighted by atomic mass is 79.9. The Bertz CT molecular complexity index is 987. The summed E-state index contributed by atoms with van der Waals surface area (Å²) in [5.74, 6) is -0.478. The van der Waals surface area contributed by atoms with Gasteiger partial charge in [0.2, 0.25) is 0 Å². The number of para-hydroxylation sites is 1. The van der Waals surface area contributed by atoms with Gasteiger partial charge in [0.15, 0.2) is 10.4 Å². The van der Waals surface area contributed by atoms with E-state index < -0.39 is 0 Å². The molecule has 27 heavy (non-hydrogen) atoms. The van der Waals surface area contributed by atoms with Crippen LogP contribution in [0.2, 0.25) is 5.02 Å². The lowest BCUT2D eigenvalue weighted by Gasteiger charge is -2.19. The summed E-state index contributed by atoms with van der Waals surface area (Å²) in [6, 6.07) is 17.4. The van der Waals surface area contributed by atoms with E-state index in [1.807, 2.05) is 18.2 Å². The topological polar surface area (TPSA) is 62.6 Å². The molecule has 0 saturated carbocycles. The minimum absolute atomic E-state index is 0.177. The molecule has 1 heterocycles. The first-order valence-electron chi connectivity index (χ1n) is 8.11. The summed E-state index contributed by atoms with van der Waals surface area (Å²) in [5, 5.41) is 3.43. The van der Waals surface area contributed by atoms with Crippen LogP contribution >= 0.6 is 27.5 Å². The van der Waals surface area contributed by atoms with E-state index in [0.717, 1.165) is 5.56 Å². The van der Waals surface area contributed by atoms with Gasteiger partial charge in [-0.25, -0.2) is 0 Å². The lowest BCUT2D eigenvalue weighted by molar-refractivity contribution is 0.0951. The lowest BCUT2D eigenvalue weighted by atomic mass is 10.1. The van der Waals surface area contributed by atoms with Crippen molar-refractivity contribution in [1.29, 1.82) is 0 Å². The van der Waals surface area contributed by atoms with E-state index in [0.29, 0.717) is 20.9 Å². The Morgan fingerprint density at radius 1 is 1.07 bits per heavy atom. The van der Waals surface area contributed by atoms with Crippen LogP contribution in [0.5, 0.6) is 0 Å². The van der Waals surface area contributed by atoms with Crippen LogP contribution in [-0.4, -0.2) is 18.9 Å². The van der Waals surface area contributed by atoms with Gasteiger partial charge < -0.3 is 14.6 Å². The first-order chi connectivity index (χ1) is 13.0. The van der Waals surface area contributed by atoms with Crippen molar-refractivity contribution in [2.45, 2.75) is 6.54 Å². The molecule has 0 aliphatic carbocycles. The second-order valence-corrected chi connectivity index (χ2v) is 6.95. The van der Waals surface area contributed by atoms with Gasteiger partial charge in [0.05, 0.1) is 11.3 Å². The second kappa shape index (κ2) is 8.41. The molecule has 1 aromatic heterocycles. The quantitative estimate of drug-likeness (QED) is 0.605. The molecular formula is C20H16BrClN2O3. The van der Waals surface area contributed by atoms with E-state index in [4.69, 9.17) is 16.0 Å². The Kier molecular flexibility index (Phi) is 5.98. The summed E-state index contributed by atoms with van der Waals surface area (Å²) >= 11 is 9.31. The molecule has 7 heteroatoms. The lowest BCUT2D eigenvalue weighted by Crippen LogP contribution is -2.30. The standard InChI is InChI=1S/C20H16BrClN2O3/c1-24(20(26)17-10-11-18(21)27-17)16-9-5-3-7-14(16)19(25)23-12-13-6-2-4-8-15(13)22/h2-11H,12H2,1H3,(H,23,25). The highest BCUT2D eigenvalue weighted by molar-refractivity contribution is 9.10. The van der Waals surface area contributed by atoms with Gasteiger partial charge >= 0.3 is 0 Å². The third-order valence-corrected chi connectivity index (χ3v) is 4.79. The predicted molar refractivity (Wildman–Crippen MR) is 108 cm³/mol. The number of anilines is 1. The molecule has 0 fully saturated rings. The molecule has 0 aliphatic heterocycles. The maximum atomic E-state index is 12.7. The number of nitrogens with one attached hydrogen (secondary N) is 1. The van der Waals surface area contributed by atoms with Crippen molar-refractivity contribution in [2.75, 3.05) is 11.9 Å². The Balaban J connectivity index is 1.79. The van der Waals surface area contributed by atoms with Crippen molar-refractivity contribution in [3.05, 3.63) is 87.2 Å². The summed E-state index contributed by atoms with van der Waals surface area (Å²) in [5.41, 5.74) is 1.67. The fourth-order valence-electron chi connectivity index (χ4n) is 2.57. The summed E-state index contributed by atoms with van der Waals surface area (Å²) in [4.78, 5) is 26.7. The fourth-order valence-corrected chi connectivity index (χ4v) is 3.08. The first-order valence-corrected chi connectivity index (χ1v) is 9.28. The second-order valence-electron chi connectivity index (χ2n) is 5.76. The Morgan fingerprint density at radius 2 is 1.78 bits per heavy atom. The minimum Gasteiger partial charge on any atom is -0.444 e. The number of carbonyl (C=O) groups is 2. The van der Waals surface area contributed by atoms with Crippen LogP contribution in [0.15, 0.2) is 69.8 Å². The van der Waals surface area contributed by atoms with Crippen LogP contribution in [0.4, 0.5) is 5.69 Å². The van der Waals surface area contributed by atoms with Gasteiger partial charge in [-0.15, -0.1) is 0 Å². The number of benzene rings is 2. The van der Waals surface area contributed by atoms with E-state index in [-0.39, 0.29) is 24.1 Å². The zero-order valence-electron chi connectivity index (χ0n) is 14.4. The molecule has 2 aromatic carbocycles. The molecule has 138 valence electrons. The minimum atomic E-state index is -0.355. The predicted octanol–water partition coefficient (Wildman–Crippen LogP) is 4.90. The number of amides is 2. The maximum absolute atomic E-state index is 12.7. The number of hydrogen-bond acceptors (Lipinski definition) is 3. The summed E-state index contributed by atoms with van der Waals surface area (Å²) in [7, 11) is 1.60. The number of furan rings is 1. The van der Waals surface area contributed by atoms with Gasteiger partial charge in [0.25, 0.3) is 11.8 Å². The Morgan fingerprint density at radius 3 is 2.48 bits per heavy atom. The molecule has 0 radical (unpaired) electrons. The van der Waals surface area contributed by atoms with Crippen molar-refractivity contribution in [3.63, 3.8) is 0 Å². The van der Waals surface area contributed by atoms with Gasteiger partial charge in [0.1, 0.15) is 0 Å². The summed E-state index contributed by atoms with van der Waals surface area (Å²) in [6.45, 7) is 0.287. The van der Waals surface area contributed by atoms with Gasteiger partial charge in [-0.2, -0.15) is 0 Å². The summed E-state index contributed by atoms with van der Waals surface area (Å²) in [6.07, 6.45) is 0. The monoisotopic (exact) mass is 446 g/mol. The zero-order valence-corrected chi connectivity index (χ0v) is 16.8.